The van der Waals surface area contributed by atoms with Gasteiger partial charge in [0.2, 0.25) is 0 Å². The number of anilines is 1. The number of nitrogens with one attached hydrogen (secondary N) is 1. The van der Waals surface area contributed by atoms with Crippen molar-refractivity contribution < 1.29 is 18.0 Å². The Bertz CT molecular complexity index is 745. The van der Waals surface area contributed by atoms with Crippen molar-refractivity contribution in [1.82, 2.24) is 0 Å². The van der Waals surface area contributed by atoms with Crippen molar-refractivity contribution in [1.29, 1.82) is 0 Å². The van der Waals surface area contributed by atoms with E-state index in [0.717, 1.165) is 17.7 Å². The fourth-order valence-corrected chi connectivity index (χ4v) is 2.40. The monoisotopic (exact) mass is 303 g/mol. The second kappa shape index (κ2) is 5.33. The van der Waals surface area contributed by atoms with Gasteiger partial charge >= 0.3 is 6.18 Å². The Morgan fingerprint density at radius 3 is 2.32 bits per heavy atom. The summed E-state index contributed by atoms with van der Waals surface area (Å²) in [6.07, 6.45) is -2.26. The van der Waals surface area contributed by atoms with Crippen LogP contribution >= 0.6 is 0 Å². The van der Waals surface area contributed by atoms with Gasteiger partial charge in [-0.15, -0.1) is 0 Å². The van der Waals surface area contributed by atoms with Crippen LogP contribution in [0.3, 0.4) is 0 Å². The van der Waals surface area contributed by atoms with E-state index < -0.39 is 11.7 Å². The van der Waals surface area contributed by atoms with E-state index in [4.69, 9.17) is 0 Å². The van der Waals surface area contributed by atoms with Crippen LogP contribution < -0.4 is 5.32 Å². The fourth-order valence-electron chi connectivity index (χ4n) is 2.40. The van der Waals surface area contributed by atoms with Crippen molar-refractivity contribution in [3.8, 4) is 0 Å². The molecule has 0 bridgehead atoms. The van der Waals surface area contributed by atoms with E-state index in [2.05, 4.69) is 5.32 Å². The highest BCUT2D eigenvalue weighted by atomic mass is 19.4. The number of allylic oxidation sites excluding steroid dienone is 1. The largest absolute Gasteiger partial charge is 0.416 e. The number of carbonyl (C=O) groups is 1. The van der Waals surface area contributed by atoms with E-state index in [1.54, 1.807) is 12.3 Å². The second-order valence-corrected chi connectivity index (χ2v) is 5.05. The van der Waals surface area contributed by atoms with Gasteiger partial charge in [-0.05, 0) is 29.8 Å². The lowest BCUT2D eigenvalue weighted by molar-refractivity contribution is -0.137. The summed E-state index contributed by atoms with van der Waals surface area (Å²) in [7, 11) is 0. The molecule has 2 aromatic rings. The summed E-state index contributed by atoms with van der Waals surface area (Å²) >= 11 is 0. The lowest BCUT2D eigenvalue weighted by Gasteiger charge is -2.07. The maximum atomic E-state index is 12.5. The minimum absolute atomic E-state index is 0.0463. The zero-order valence-corrected chi connectivity index (χ0v) is 11.4. The van der Waals surface area contributed by atoms with Crippen LogP contribution in [0.2, 0.25) is 0 Å². The summed E-state index contributed by atoms with van der Waals surface area (Å²) in [5.41, 5.74) is 2.05. The van der Waals surface area contributed by atoms with E-state index in [9.17, 15) is 18.0 Å². The first-order chi connectivity index (χ1) is 10.4. The Morgan fingerprint density at radius 1 is 1.00 bits per heavy atom. The number of Topliss-reactive ketones (excluding diaryl/α,β-unsaturated/α-hetero) is 1. The summed E-state index contributed by atoms with van der Waals surface area (Å²) in [6.45, 7) is 0. The first kappa shape index (κ1) is 14.4. The predicted octanol–water partition coefficient (Wildman–Crippen LogP) is 4.44. The van der Waals surface area contributed by atoms with E-state index in [0.29, 0.717) is 23.2 Å². The molecule has 22 heavy (non-hydrogen) atoms. The van der Waals surface area contributed by atoms with Gasteiger partial charge in [0.25, 0.3) is 0 Å². The SMILES string of the molecule is O=C1/C(=C\Nc2ccc(C(F)(F)F)cc2)Cc2ccccc21. The number of benzene rings is 2. The Kier molecular flexibility index (Phi) is 3.48. The molecule has 2 aromatic carbocycles. The standard InChI is InChI=1S/C17H12F3NO/c18-17(19,20)13-5-7-14(8-6-13)21-10-12-9-11-3-1-2-4-15(11)16(12)22/h1-8,10,21H,9H2/b12-10-. The zero-order valence-electron chi connectivity index (χ0n) is 11.4. The van der Waals surface area contributed by atoms with Crippen LogP contribution in [0.5, 0.6) is 0 Å². The number of rotatable bonds is 2. The maximum absolute atomic E-state index is 12.5. The molecule has 0 amide bonds. The Morgan fingerprint density at radius 2 is 1.68 bits per heavy atom. The summed E-state index contributed by atoms with van der Waals surface area (Å²) in [6, 6.07) is 12.0. The molecular formula is C17H12F3NO. The fraction of sp³-hybridized carbons (Fsp3) is 0.118. The zero-order chi connectivity index (χ0) is 15.7. The topological polar surface area (TPSA) is 29.1 Å². The molecule has 0 heterocycles. The normalized spacial score (nSPS) is 16.0. The molecule has 5 heteroatoms. The van der Waals surface area contributed by atoms with Crippen molar-refractivity contribution >= 4 is 11.5 Å². The molecule has 0 unspecified atom stereocenters. The van der Waals surface area contributed by atoms with Crippen LogP contribution in [0.1, 0.15) is 21.5 Å². The van der Waals surface area contributed by atoms with Crippen molar-refractivity contribution in [2.45, 2.75) is 12.6 Å². The first-order valence-corrected chi connectivity index (χ1v) is 6.70. The number of fused-ring (bicyclic) bond motifs is 1. The predicted molar refractivity (Wildman–Crippen MR) is 77.6 cm³/mol. The first-order valence-electron chi connectivity index (χ1n) is 6.70. The van der Waals surface area contributed by atoms with E-state index in [1.807, 2.05) is 18.2 Å². The van der Waals surface area contributed by atoms with Crippen LogP contribution in [0.4, 0.5) is 18.9 Å². The van der Waals surface area contributed by atoms with Gasteiger partial charge in [-0.3, -0.25) is 4.79 Å². The van der Waals surface area contributed by atoms with Crippen LogP contribution in [0, 0.1) is 0 Å². The molecule has 1 aliphatic carbocycles. The molecule has 0 saturated heterocycles. The molecule has 0 spiro atoms. The van der Waals surface area contributed by atoms with E-state index in [-0.39, 0.29) is 5.78 Å². The van der Waals surface area contributed by atoms with Gasteiger partial charge in [0.15, 0.2) is 5.78 Å². The average Bonchev–Trinajstić information content (AvgIpc) is 2.82. The molecular weight excluding hydrogens is 291 g/mol. The average molecular weight is 303 g/mol. The van der Waals surface area contributed by atoms with Crippen LogP contribution in [0.25, 0.3) is 0 Å². The quantitative estimate of drug-likeness (QED) is 0.831. The van der Waals surface area contributed by atoms with Gasteiger partial charge in [0, 0.05) is 29.4 Å². The van der Waals surface area contributed by atoms with Gasteiger partial charge in [-0.25, -0.2) is 0 Å². The van der Waals surface area contributed by atoms with Crippen molar-refractivity contribution in [2.24, 2.45) is 0 Å². The molecule has 112 valence electrons. The van der Waals surface area contributed by atoms with Crippen molar-refractivity contribution in [3.05, 3.63) is 77.0 Å². The van der Waals surface area contributed by atoms with E-state index >= 15 is 0 Å². The lowest BCUT2D eigenvalue weighted by atomic mass is 10.1. The molecule has 0 aromatic heterocycles. The van der Waals surface area contributed by atoms with Gasteiger partial charge in [-0.1, -0.05) is 24.3 Å². The minimum atomic E-state index is -4.35. The van der Waals surface area contributed by atoms with Crippen LogP contribution in [-0.4, -0.2) is 5.78 Å². The molecule has 0 saturated carbocycles. The molecule has 0 atom stereocenters. The number of ketones is 1. The molecule has 3 rings (SSSR count). The Balaban J connectivity index is 1.75. The highest BCUT2D eigenvalue weighted by Crippen LogP contribution is 2.30. The molecule has 1 aliphatic rings. The highest BCUT2D eigenvalue weighted by Gasteiger charge is 2.30. The van der Waals surface area contributed by atoms with E-state index in [1.165, 1.54) is 12.1 Å². The number of halogens is 3. The molecule has 2 nitrogen and oxygen atoms in total. The summed E-state index contributed by atoms with van der Waals surface area (Å²) < 4.78 is 37.4. The van der Waals surface area contributed by atoms with Gasteiger partial charge in [0.05, 0.1) is 5.56 Å². The summed E-state index contributed by atoms with van der Waals surface area (Å²) in [4.78, 5) is 12.1. The van der Waals surface area contributed by atoms with Crippen LogP contribution in [-0.2, 0) is 12.6 Å². The Labute approximate surface area is 125 Å². The summed E-state index contributed by atoms with van der Waals surface area (Å²) in [5, 5.41) is 2.88. The van der Waals surface area contributed by atoms with Crippen molar-refractivity contribution in [2.75, 3.05) is 5.32 Å². The number of hydrogen-bond donors (Lipinski definition) is 1. The van der Waals surface area contributed by atoms with Crippen LogP contribution in [0.15, 0.2) is 60.3 Å². The third-order valence-corrected chi connectivity index (χ3v) is 3.56. The van der Waals surface area contributed by atoms with Gasteiger partial charge in [0.1, 0.15) is 0 Å². The number of carbonyl (C=O) groups excluding carboxylic acids is 1. The second-order valence-electron chi connectivity index (χ2n) is 5.05. The Hall–Kier alpha value is -2.56. The summed E-state index contributed by atoms with van der Waals surface area (Å²) in [5.74, 6) is -0.0463. The maximum Gasteiger partial charge on any atom is 0.416 e. The minimum Gasteiger partial charge on any atom is -0.361 e. The lowest BCUT2D eigenvalue weighted by Crippen LogP contribution is -2.04. The third kappa shape index (κ3) is 2.74. The smallest absolute Gasteiger partial charge is 0.361 e. The van der Waals surface area contributed by atoms with Gasteiger partial charge in [-0.2, -0.15) is 13.2 Å². The number of alkyl halides is 3. The number of hydrogen-bond acceptors (Lipinski definition) is 2. The third-order valence-electron chi connectivity index (χ3n) is 3.56. The molecule has 0 aliphatic heterocycles. The molecule has 0 fully saturated rings. The van der Waals surface area contributed by atoms with Crippen molar-refractivity contribution in [3.63, 3.8) is 0 Å². The van der Waals surface area contributed by atoms with Gasteiger partial charge < -0.3 is 5.32 Å². The highest BCUT2D eigenvalue weighted by molar-refractivity contribution is 6.13. The molecule has 0 radical (unpaired) electrons. The molecule has 1 N–H and O–H groups in total.